The van der Waals surface area contributed by atoms with E-state index in [0.717, 1.165) is 29.9 Å². The van der Waals surface area contributed by atoms with Crippen LogP contribution < -0.4 is 5.32 Å². The molecule has 0 aliphatic rings. The monoisotopic (exact) mass is 415 g/mol. The van der Waals surface area contributed by atoms with Crippen LogP contribution in [0.3, 0.4) is 0 Å². The Morgan fingerprint density at radius 2 is 1.47 bits per heavy atom. The quantitative estimate of drug-likeness (QED) is 0.291. The number of ether oxygens (including phenoxy) is 1. The van der Waals surface area contributed by atoms with E-state index >= 15 is 0 Å². The van der Waals surface area contributed by atoms with E-state index < -0.39 is 6.09 Å². The second-order valence-electron chi connectivity index (χ2n) is 9.50. The SMILES string of the molecule is CC(=CCOC(=O)Nc1ccccc1)CCCC(C)CCCC(C)CCCC(C)C. The predicted octanol–water partition coefficient (Wildman–Crippen LogP) is 8.62. The Morgan fingerprint density at radius 3 is 2.07 bits per heavy atom. The summed E-state index contributed by atoms with van der Waals surface area (Å²) in [6.45, 7) is 11.9. The number of hydrogen-bond acceptors (Lipinski definition) is 2. The maximum absolute atomic E-state index is 11.8. The van der Waals surface area contributed by atoms with Crippen molar-refractivity contribution in [3.8, 4) is 0 Å². The first-order valence-electron chi connectivity index (χ1n) is 12.0. The van der Waals surface area contributed by atoms with Gasteiger partial charge >= 0.3 is 6.09 Å². The molecule has 0 spiro atoms. The Bertz CT molecular complexity index is 594. The molecule has 30 heavy (non-hydrogen) atoms. The molecular formula is C27H45NO2. The molecule has 0 aliphatic heterocycles. The Hall–Kier alpha value is -1.77. The molecular weight excluding hydrogens is 370 g/mol. The number of rotatable bonds is 15. The van der Waals surface area contributed by atoms with Gasteiger partial charge in [0.15, 0.2) is 0 Å². The van der Waals surface area contributed by atoms with Gasteiger partial charge in [0, 0.05) is 5.69 Å². The van der Waals surface area contributed by atoms with Crippen LogP contribution in [0.5, 0.6) is 0 Å². The second kappa shape index (κ2) is 16.0. The third-order valence-corrected chi connectivity index (χ3v) is 5.81. The Kier molecular flexibility index (Phi) is 14.0. The van der Waals surface area contributed by atoms with Crippen LogP contribution in [0.2, 0.25) is 0 Å². The minimum Gasteiger partial charge on any atom is -0.445 e. The van der Waals surface area contributed by atoms with Gasteiger partial charge in [-0.05, 0) is 55.7 Å². The van der Waals surface area contributed by atoms with Crippen molar-refractivity contribution in [1.29, 1.82) is 0 Å². The van der Waals surface area contributed by atoms with Crippen LogP contribution in [0.25, 0.3) is 0 Å². The highest BCUT2D eigenvalue weighted by Gasteiger charge is 2.07. The van der Waals surface area contributed by atoms with E-state index in [1.165, 1.54) is 56.9 Å². The lowest BCUT2D eigenvalue weighted by Crippen LogP contribution is -2.13. The van der Waals surface area contributed by atoms with Gasteiger partial charge in [-0.3, -0.25) is 5.32 Å². The van der Waals surface area contributed by atoms with Gasteiger partial charge in [-0.15, -0.1) is 0 Å². The molecule has 2 atom stereocenters. The molecule has 0 aliphatic carbocycles. The first kappa shape index (κ1) is 26.3. The highest BCUT2D eigenvalue weighted by molar-refractivity contribution is 5.84. The lowest BCUT2D eigenvalue weighted by Gasteiger charge is -2.15. The van der Waals surface area contributed by atoms with E-state index in [2.05, 4.69) is 39.9 Å². The van der Waals surface area contributed by atoms with Gasteiger partial charge in [0.25, 0.3) is 0 Å². The van der Waals surface area contributed by atoms with Crippen LogP contribution in [-0.2, 0) is 4.74 Å². The summed E-state index contributed by atoms with van der Waals surface area (Å²) in [5, 5.41) is 2.73. The first-order valence-corrected chi connectivity index (χ1v) is 12.0. The number of nitrogens with one attached hydrogen (secondary N) is 1. The van der Waals surface area contributed by atoms with E-state index in [1.54, 1.807) is 0 Å². The number of benzene rings is 1. The number of carbonyl (C=O) groups excluding carboxylic acids is 1. The topological polar surface area (TPSA) is 38.3 Å². The zero-order valence-corrected chi connectivity index (χ0v) is 20.1. The summed E-state index contributed by atoms with van der Waals surface area (Å²) in [7, 11) is 0. The maximum Gasteiger partial charge on any atom is 0.411 e. The summed E-state index contributed by atoms with van der Waals surface area (Å²) in [6, 6.07) is 9.37. The van der Waals surface area contributed by atoms with Gasteiger partial charge in [0.1, 0.15) is 6.61 Å². The van der Waals surface area contributed by atoms with Crippen molar-refractivity contribution < 1.29 is 9.53 Å². The van der Waals surface area contributed by atoms with Gasteiger partial charge < -0.3 is 4.74 Å². The number of carbonyl (C=O) groups is 1. The smallest absolute Gasteiger partial charge is 0.411 e. The summed E-state index contributed by atoms with van der Waals surface area (Å²) in [4.78, 5) is 11.8. The first-order chi connectivity index (χ1) is 14.4. The average Bonchev–Trinajstić information content (AvgIpc) is 2.68. The van der Waals surface area contributed by atoms with E-state index in [0.29, 0.717) is 6.61 Å². The van der Waals surface area contributed by atoms with Crippen molar-refractivity contribution in [2.75, 3.05) is 11.9 Å². The fraction of sp³-hybridized carbons (Fsp3) is 0.667. The van der Waals surface area contributed by atoms with Crippen LogP contribution in [0, 0.1) is 17.8 Å². The number of allylic oxidation sites excluding steroid dienone is 1. The zero-order valence-electron chi connectivity index (χ0n) is 20.1. The van der Waals surface area contributed by atoms with Gasteiger partial charge in [0.2, 0.25) is 0 Å². The molecule has 1 amide bonds. The summed E-state index contributed by atoms with van der Waals surface area (Å²) in [6.07, 6.45) is 13.4. The van der Waals surface area contributed by atoms with Crippen molar-refractivity contribution >= 4 is 11.8 Å². The minimum absolute atomic E-state index is 0.328. The predicted molar refractivity (Wildman–Crippen MR) is 130 cm³/mol. The van der Waals surface area contributed by atoms with Crippen molar-refractivity contribution in [1.82, 2.24) is 0 Å². The third-order valence-electron chi connectivity index (χ3n) is 5.81. The van der Waals surface area contributed by atoms with Crippen LogP contribution in [-0.4, -0.2) is 12.7 Å². The Morgan fingerprint density at radius 1 is 0.900 bits per heavy atom. The van der Waals surface area contributed by atoms with E-state index in [-0.39, 0.29) is 0 Å². The summed E-state index contributed by atoms with van der Waals surface area (Å²) in [5.41, 5.74) is 2.05. The Labute approximate surface area is 185 Å². The summed E-state index contributed by atoms with van der Waals surface area (Å²) < 4.78 is 5.23. The fourth-order valence-electron chi connectivity index (χ4n) is 3.74. The molecule has 0 fully saturated rings. The van der Waals surface area contributed by atoms with Crippen molar-refractivity contribution in [3.05, 3.63) is 42.0 Å². The van der Waals surface area contributed by atoms with Crippen LogP contribution in [0.1, 0.15) is 92.4 Å². The molecule has 0 radical (unpaired) electrons. The number of amides is 1. The summed E-state index contributed by atoms with van der Waals surface area (Å²) in [5.74, 6) is 2.52. The largest absolute Gasteiger partial charge is 0.445 e. The molecule has 0 aromatic heterocycles. The molecule has 0 saturated carbocycles. The highest BCUT2D eigenvalue weighted by atomic mass is 16.5. The number of para-hydroxylation sites is 1. The molecule has 2 unspecified atom stereocenters. The molecule has 170 valence electrons. The highest BCUT2D eigenvalue weighted by Crippen LogP contribution is 2.22. The van der Waals surface area contributed by atoms with Gasteiger partial charge in [-0.1, -0.05) is 96.4 Å². The minimum atomic E-state index is -0.405. The van der Waals surface area contributed by atoms with E-state index in [9.17, 15) is 4.79 Å². The summed E-state index contributed by atoms with van der Waals surface area (Å²) >= 11 is 0. The molecule has 1 aromatic rings. The standard InChI is InChI=1S/C27H45NO2/c1-22(2)12-9-13-23(3)14-10-15-24(4)16-11-17-25(5)20-21-30-27(29)28-26-18-7-6-8-19-26/h6-8,18-20,22-24H,9-17,21H2,1-5H3,(H,28,29). The van der Waals surface area contributed by atoms with Gasteiger partial charge in [-0.2, -0.15) is 0 Å². The van der Waals surface area contributed by atoms with Gasteiger partial charge in [0.05, 0.1) is 0 Å². The van der Waals surface area contributed by atoms with Crippen LogP contribution in [0.15, 0.2) is 42.0 Å². The third kappa shape index (κ3) is 14.3. The number of hydrogen-bond donors (Lipinski definition) is 1. The lowest BCUT2D eigenvalue weighted by molar-refractivity contribution is 0.174. The molecule has 1 aromatic carbocycles. The molecule has 0 bridgehead atoms. The fourth-order valence-corrected chi connectivity index (χ4v) is 3.74. The van der Waals surface area contributed by atoms with Crippen LogP contribution >= 0.6 is 0 Å². The molecule has 0 heterocycles. The average molecular weight is 416 g/mol. The van der Waals surface area contributed by atoms with E-state index in [4.69, 9.17) is 4.74 Å². The zero-order chi connectivity index (χ0) is 22.2. The maximum atomic E-state index is 11.8. The van der Waals surface area contributed by atoms with E-state index in [1.807, 2.05) is 36.4 Å². The van der Waals surface area contributed by atoms with Crippen molar-refractivity contribution in [2.45, 2.75) is 92.4 Å². The molecule has 0 saturated heterocycles. The number of anilines is 1. The Balaban J connectivity index is 2.06. The second-order valence-corrected chi connectivity index (χ2v) is 9.50. The van der Waals surface area contributed by atoms with Crippen molar-refractivity contribution in [2.24, 2.45) is 17.8 Å². The molecule has 1 N–H and O–H groups in total. The van der Waals surface area contributed by atoms with Gasteiger partial charge in [-0.25, -0.2) is 4.79 Å². The van der Waals surface area contributed by atoms with Crippen LogP contribution in [0.4, 0.5) is 10.5 Å². The molecule has 1 rings (SSSR count). The lowest BCUT2D eigenvalue weighted by atomic mass is 9.91. The van der Waals surface area contributed by atoms with Crippen molar-refractivity contribution in [3.63, 3.8) is 0 Å². The normalized spacial score (nSPS) is 13.9. The molecule has 3 nitrogen and oxygen atoms in total. The molecule has 3 heteroatoms.